The third-order valence-electron chi connectivity index (χ3n) is 10.5. The van der Waals surface area contributed by atoms with E-state index < -0.39 is 0 Å². The molecule has 6 aromatic carbocycles. The summed E-state index contributed by atoms with van der Waals surface area (Å²) in [5.41, 5.74) is 17.9. The van der Waals surface area contributed by atoms with Gasteiger partial charge in [0.1, 0.15) is 11.5 Å². The van der Waals surface area contributed by atoms with Gasteiger partial charge in [-0.1, -0.05) is 86.6 Å². The molecule has 0 atom stereocenters. The monoisotopic (exact) mass is 624 g/mol. The Morgan fingerprint density at radius 1 is 0.583 bits per heavy atom. The van der Waals surface area contributed by atoms with Crippen molar-refractivity contribution >= 4 is 28.0 Å². The summed E-state index contributed by atoms with van der Waals surface area (Å²) in [6.07, 6.45) is 0. The molecule has 0 saturated heterocycles. The van der Waals surface area contributed by atoms with Crippen LogP contribution in [0.1, 0.15) is 47.2 Å². The van der Waals surface area contributed by atoms with E-state index in [9.17, 15) is 0 Å². The fourth-order valence-electron chi connectivity index (χ4n) is 7.81. The van der Waals surface area contributed by atoms with Crippen molar-refractivity contribution < 1.29 is 9.15 Å². The molecule has 0 aliphatic carbocycles. The maximum atomic E-state index is 6.74. The number of hydrogen-bond acceptors (Lipinski definition) is 3. The Labute approximate surface area is 280 Å². The molecule has 0 unspecified atom stereocenters. The SMILES string of the molecule is Cc1ccc(-c2c(C)ccc3c2Oc2ccccc2C3(C)C)cc1-c1cc(-c2c(C)ccc3c2oc2nc4ccccc4n23)ccc1C. The predicted octanol–water partition coefficient (Wildman–Crippen LogP) is 11.9. The summed E-state index contributed by atoms with van der Waals surface area (Å²) in [6.45, 7) is 13.3. The van der Waals surface area contributed by atoms with E-state index in [1.807, 2.05) is 18.2 Å². The summed E-state index contributed by atoms with van der Waals surface area (Å²) in [7, 11) is 0. The smallest absolute Gasteiger partial charge is 0.307 e. The highest BCUT2D eigenvalue weighted by Gasteiger charge is 2.36. The number of hydrogen-bond donors (Lipinski definition) is 0. The molecular formula is C44H36N2O2. The first-order valence-electron chi connectivity index (χ1n) is 16.6. The minimum absolute atomic E-state index is 0.177. The second-order valence-electron chi connectivity index (χ2n) is 13.8. The zero-order valence-corrected chi connectivity index (χ0v) is 28.1. The topological polar surface area (TPSA) is 39.7 Å². The summed E-state index contributed by atoms with van der Waals surface area (Å²) in [4.78, 5) is 4.79. The lowest BCUT2D eigenvalue weighted by molar-refractivity contribution is 0.419. The second-order valence-corrected chi connectivity index (χ2v) is 13.8. The molecule has 0 spiro atoms. The van der Waals surface area contributed by atoms with E-state index in [0.717, 1.165) is 61.4 Å². The summed E-state index contributed by atoms with van der Waals surface area (Å²) < 4.78 is 15.4. The van der Waals surface area contributed by atoms with E-state index in [-0.39, 0.29) is 5.41 Å². The van der Waals surface area contributed by atoms with Gasteiger partial charge in [-0.05, 0) is 109 Å². The van der Waals surface area contributed by atoms with E-state index in [2.05, 4.69) is 137 Å². The average Bonchev–Trinajstić information content (AvgIpc) is 3.62. The van der Waals surface area contributed by atoms with Crippen LogP contribution in [0.3, 0.4) is 0 Å². The number of fused-ring (bicyclic) bond motifs is 7. The standard InChI is InChI=1S/C44H36N2O2/c1-25-15-19-29(39-27(3)17-21-34-41(39)47-38-14-10-7-11-33(38)44(34,5)6)23-31(25)32-24-30(20-16-26(32)2)40-28(4)18-22-37-42(40)48-43-45-35-12-8-9-13-36(35)46(37)43/h7-24H,1-6H3. The third-order valence-corrected chi connectivity index (χ3v) is 10.5. The van der Waals surface area contributed by atoms with Crippen molar-refractivity contribution in [3.8, 4) is 44.9 Å². The molecule has 0 amide bonds. The molecule has 1 aliphatic rings. The number of benzene rings is 6. The number of aryl methyl sites for hydroxylation is 4. The maximum absolute atomic E-state index is 6.74. The van der Waals surface area contributed by atoms with Crippen LogP contribution >= 0.6 is 0 Å². The van der Waals surface area contributed by atoms with Crippen molar-refractivity contribution in [2.45, 2.75) is 47.0 Å². The summed E-state index contributed by atoms with van der Waals surface area (Å²) in [6, 6.07) is 39.0. The molecule has 8 aromatic rings. The fourth-order valence-corrected chi connectivity index (χ4v) is 7.81. The minimum Gasteiger partial charge on any atom is -0.456 e. The number of aromatic nitrogens is 2. The maximum Gasteiger partial charge on any atom is 0.307 e. The third kappa shape index (κ3) is 4.05. The molecule has 1 aliphatic heterocycles. The molecule has 4 heteroatoms. The van der Waals surface area contributed by atoms with Crippen LogP contribution in [0, 0.1) is 27.7 Å². The van der Waals surface area contributed by atoms with Crippen LogP contribution in [-0.2, 0) is 5.41 Å². The first kappa shape index (κ1) is 28.6. The lowest BCUT2D eigenvalue weighted by atomic mass is 9.74. The highest BCUT2D eigenvalue weighted by atomic mass is 16.5. The summed E-state index contributed by atoms with van der Waals surface area (Å²) in [5.74, 6) is 2.50. The highest BCUT2D eigenvalue weighted by Crippen LogP contribution is 2.52. The molecule has 2 aromatic heterocycles. The Hall–Kier alpha value is -5.61. The van der Waals surface area contributed by atoms with E-state index in [1.54, 1.807) is 0 Å². The number of rotatable bonds is 3. The average molecular weight is 625 g/mol. The van der Waals surface area contributed by atoms with Crippen molar-refractivity contribution in [2.75, 3.05) is 0 Å². The van der Waals surface area contributed by atoms with Gasteiger partial charge in [0, 0.05) is 27.7 Å². The van der Waals surface area contributed by atoms with E-state index in [1.165, 1.54) is 38.9 Å². The van der Waals surface area contributed by atoms with Crippen molar-refractivity contribution in [1.82, 2.24) is 9.38 Å². The van der Waals surface area contributed by atoms with Gasteiger partial charge in [0.2, 0.25) is 0 Å². The lowest BCUT2D eigenvalue weighted by Crippen LogP contribution is -2.24. The second kappa shape index (κ2) is 10.2. The number of para-hydroxylation sites is 3. The van der Waals surface area contributed by atoms with Gasteiger partial charge in [-0.15, -0.1) is 0 Å². The minimum atomic E-state index is -0.177. The predicted molar refractivity (Wildman–Crippen MR) is 196 cm³/mol. The number of imidazole rings is 1. The number of nitrogens with zero attached hydrogens (tertiary/aromatic N) is 2. The van der Waals surface area contributed by atoms with E-state index >= 15 is 0 Å². The first-order chi connectivity index (χ1) is 23.2. The van der Waals surface area contributed by atoms with Gasteiger partial charge in [-0.25, -0.2) is 0 Å². The van der Waals surface area contributed by atoms with Gasteiger partial charge in [0.05, 0.1) is 16.6 Å². The molecule has 0 bridgehead atoms. The molecule has 234 valence electrons. The highest BCUT2D eigenvalue weighted by molar-refractivity contribution is 5.98. The molecule has 0 N–H and O–H groups in total. The Morgan fingerprint density at radius 2 is 1.21 bits per heavy atom. The molecule has 9 rings (SSSR count). The van der Waals surface area contributed by atoms with Gasteiger partial charge in [-0.3, -0.25) is 4.40 Å². The molecule has 0 radical (unpaired) electrons. The molecule has 48 heavy (non-hydrogen) atoms. The Bertz CT molecular complexity index is 2620. The van der Waals surface area contributed by atoms with Crippen molar-refractivity contribution in [1.29, 1.82) is 0 Å². The number of oxazole rings is 1. The number of ether oxygens (including phenoxy) is 1. The Balaban J connectivity index is 1.21. The normalized spacial score (nSPS) is 13.5. The molecular weight excluding hydrogens is 588 g/mol. The lowest BCUT2D eigenvalue weighted by Gasteiger charge is -2.36. The fraction of sp³-hybridized carbons (Fsp3) is 0.159. The van der Waals surface area contributed by atoms with Crippen molar-refractivity contribution in [2.24, 2.45) is 0 Å². The van der Waals surface area contributed by atoms with Gasteiger partial charge in [-0.2, -0.15) is 4.98 Å². The van der Waals surface area contributed by atoms with Crippen LogP contribution in [0.2, 0.25) is 0 Å². The van der Waals surface area contributed by atoms with Crippen LogP contribution in [0.4, 0.5) is 0 Å². The van der Waals surface area contributed by atoms with Crippen LogP contribution < -0.4 is 4.74 Å². The summed E-state index contributed by atoms with van der Waals surface area (Å²) >= 11 is 0. The molecule has 0 fully saturated rings. The van der Waals surface area contributed by atoms with Crippen molar-refractivity contribution in [3.63, 3.8) is 0 Å². The molecule has 0 saturated carbocycles. The Morgan fingerprint density at radius 3 is 1.98 bits per heavy atom. The van der Waals surface area contributed by atoms with E-state index in [0.29, 0.717) is 5.84 Å². The van der Waals surface area contributed by atoms with Gasteiger partial charge in [0.15, 0.2) is 5.58 Å². The summed E-state index contributed by atoms with van der Waals surface area (Å²) in [5, 5.41) is 0. The van der Waals surface area contributed by atoms with Crippen molar-refractivity contribution in [3.05, 3.63) is 143 Å². The van der Waals surface area contributed by atoms with Crippen LogP contribution in [0.15, 0.2) is 114 Å². The largest absolute Gasteiger partial charge is 0.456 e. The molecule has 4 nitrogen and oxygen atoms in total. The quantitative estimate of drug-likeness (QED) is 0.196. The van der Waals surface area contributed by atoms with Gasteiger partial charge in [0.25, 0.3) is 0 Å². The van der Waals surface area contributed by atoms with Crippen LogP contribution in [-0.4, -0.2) is 9.38 Å². The first-order valence-corrected chi connectivity index (χ1v) is 16.6. The zero-order valence-electron chi connectivity index (χ0n) is 28.1. The molecule has 3 heterocycles. The van der Waals surface area contributed by atoms with Crippen LogP contribution in [0.5, 0.6) is 11.5 Å². The van der Waals surface area contributed by atoms with Gasteiger partial charge < -0.3 is 9.15 Å². The zero-order chi connectivity index (χ0) is 32.9. The van der Waals surface area contributed by atoms with E-state index in [4.69, 9.17) is 14.1 Å². The van der Waals surface area contributed by atoms with Gasteiger partial charge >= 0.3 is 5.84 Å². The Kier molecular flexibility index (Phi) is 6.07. The van der Waals surface area contributed by atoms with Crippen LogP contribution in [0.25, 0.3) is 61.4 Å².